The number of carbonyl (C=O) groups excluding carboxylic acids is 1. The van der Waals surface area contributed by atoms with Crippen LogP contribution in [0.15, 0.2) is 24.3 Å². The molecular formula is C26H37N7OS. The second kappa shape index (κ2) is 9.68. The van der Waals surface area contributed by atoms with Crippen molar-refractivity contribution in [2.45, 2.75) is 71.4 Å². The predicted molar refractivity (Wildman–Crippen MR) is 144 cm³/mol. The van der Waals surface area contributed by atoms with Gasteiger partial charge in [0.05, 0.1) is 0 Å². The number of aryl methyl sites for hydroxylation is 1. The Labute approximate surface area is 211 Å². The summed E-state index contributed by atoms with van der Waals surface area (Å²) < 4.78 is 1.95. The number of anilines is 2. The number of aromatic nitrogens is 3. The van der Waals surface area contributed by atoms with Gasteiger partial charge in [0.1, 0.15) is 5.69 Å². The summed E-state index contributed by atoms with van der Waals surface area (Å²) in [7, 11) is 0. The van der Waals surface area contributed by atoms with Crippen molar-refractivity contribution in [2.24, 2.45) is 0 Å². The summed E-state index contributed by atoms with van der Waals surface area (Å²) in [6, 6.07) is 9.08. The molecule has 1 aliphatic carbocycles. The minimum Gasteiger partial charge on any atom is -0.364 e. The summed E-state index contributed by atoms with van der Waals surface area (Å²) in [5, 5.41) is 12.8. The molecule has 5 rings (SSSR count). The number of fused-ring (bicyclic) bond motifs is 1. The molecule has 0 spiro atoms. The first-order valence-electron chi connectivity index (χ1n) is 12.9. The van der Waals surface area contributed by atoms with Crippen LogP contribution in [0.5, 0.6) is 0 Å². The first kappa shape index (κ1) is 23.9. The first-order chi connectivity index (χ1) is 16.8. The Kier molecular flexibility index (Phi) is 6.61. The number of amides is 2. The van der Waals surface area contributed by atoms with Gasteiger partial charge in [-0.3, -0.25) is 0 Å². The average molecular weight is 496 g/mol. The fraction of sp³-hybridized carbons (Fsp3) is 0.577. The SMILES string of the molecule is CCc1ccc(-c2nc3sc(N4CCN(C(=O)NC5CCCC5)CC4)nn3c2NC(C)(C)C)cc1. The van der Waals surface area contributed by atoms with E-state index in [1.54, 1.807) is 11.3 Å². The summed E-state index contributed by atoms with van der Waals surface area (Å²) in [6.45, 7) is 11.6. The monoisotopic (exact) mass is 495 g/mol. The Morgan fingerprint density at radius 3 is 2.40 bits per heavy atom. The molecule has 2 aromatic heterocycles. The van der Waals surface area contributed by atoms with Gasteiger partial charge >= 0.3 is 6.03 Å². The maximum atomic E-state index is 12.6. The third-order valence-corrected chi connectivity index (χ3v) is 7.81. The van der Waals surface area contributed by atoms with Crippen LogP contribution in [0.25, 0.3) is 16.2 Å². The van der Waals surface area contributed by atoms with Crippen molar-refractivity contribution < 1.29 is 4.79 Å². The third-order valence-electron chi connectivity index (χ3n) is 6.84. The summed E-state index contributed by atoms with van der Waals surface area (Å²) in [5.74, 6) is 0.925. The van der Waals surface area contributed by atoms with Crippen LogP contribution < -0.4 is 15.5 Å². The van der Waals surface area contributed by atoms with Crippen molar-refractivity contribution in [3.8, 4) is 11.3 Å². The molecule has 1 saturated carbocycles. The molecule has 0 atom stereocenters. The van der Waals surface area contributed by atoms with Gasteiger partial charge < -0.3 is 20.4 Å². The number of nitrogens with one attached hydrogen (secondary N) is 2. The lowest BCUT2D eigenvalue weighted by molar-refractivity contribution is 0.190. The van der Waals surface area contributed by atoms with Gasteiger partial charge in [0.25, 0.3) is 0 Å². The van der Waals surface area contributed by atoms with Crippen molar-refractivity contribution in [3.63, 3.8) is 0 Å². The number of nitrogens with zero attached hydrogens (tertiary/aromatic N) is 5. The molecule has 2 amide bonds. The van der Waals surface area contributed by atoms with Gasteiger partial charge in [0, 0.05) is 43.3 Å². The number of rotatable bonds is 5. The van der Waals surface area contributed by atoms with Gasteiger partial charge in [-0.1, -0.05) is 55.4 Å². The Morgan fingerprint density at radius 2 is 1.77 bits per heavy atom. The van der Waals surface area contributed by atoms with Crippen molar-refractivity contribution >= 4 is 33.3 Å². The van der Waals surface area contributed by atoms with E-state index >= 15 is 0 Å². The lowest BCUT2D eigenvalue weighted by Gasteiger charge is -2.34. The number of hydrogen-bond donors (Lipinski definition) is 2. The van der Waals surface area contributed by atoms with E-state index in [4.69, 9.17) is 10.1 Å². The predicted octanol–water partition coefficient (Wildman–Crippen LogP) is 5.00. The molecular weight excluding hydrogens is 458 g/mol. The lowest BCUT2D eigenvalue weighted by atomic mass is 10.1. The van der Waals surface area contributed by atoms with E-state index in [-0.39, 0.29) is 11.6 Å². The quantitative estimate of drug-likeness (QED) is 0.521. The first-order valence-corrected chi connectivity index (χ1v) is 13.7. The van der Waals surface area contributed by atoms with Crippen molar-refractivity contribution in [3.05, 3.63) is 29.8 Å². The van der Waals surface area contributed by atoms with E-state index in [0.717, 1.165) is 59.5 Å². The van der Waals surface area contributed by atoms with E-state index in [1.165, 1.54) is 18.4 Å². The molecule has 9 heteroatoms. The molecule has 3 aromatic rings. The molecule has 0 radical (unpaired) electrons. The average Bonchev–Trinajstić information content (AvgIpc) is 3.57. The van der Waals surface area contributed by atoms with Crippen LogP contribution in [0.1, 0.15) is 58.9 Å². The third kappa shape index (κ3) is 5.24. The normalized spacial score (nSPS) is 17.4. The number of benzene rings is 1. The summed E-state index contributed by atoms with van der Waals surface area (Å²) >= 11 is 1.61. The van der Waals surface area contributed by atoms with E-state index < -0.39 is 0 Å². The number of hydrogen-bond acceptors (Lipinski definition) is 6. The lowest BCUT2D eigenvalue weighted by Crippen LogP contribution is -2.53. The Hall–Kier alpha value is -2.81. The molecule has 35 heavy (non-hydrogen) atoms. The molecule has 0 unspecified atom stereocenters. The number of imidazole rings is 1. The molecule has 0 bridgehead atoms. The van der Waals surface area contributed by atoms with Gasteiger partial charge in [-0.2, -0.15) is 4.52 Å². The summed E-state index contributed by atoms with van der Waals surface area (Å²) in [5.41, 5.74) is 3.21. The smallest absolute Gasteiger partial charge is 0.317 e. The fourth-order valence-electron chi connectivity index (χ4n) is 4.87. The van der Waals surface area contributed by atoms with Crippen LogP contribution in [0.2, 0.25) is 0 Å². The molecule has 2 N–H and O–H groups in total. The van der Waals surface area contributed by atoms with Crippen LogP contribution in [0.4, 0.5) is 15.7 Å². The Bertz CT molecular complexity index is 1160. The molecule has 1 aromatic carbocycles. The van der Waals surface area contributed by atoms with Crippen molar-refractivity contribution in [1.29, 1.82) is 0 Å². The maximum Gasteiger partial charge on any atom is 0.317 e. The zero-order valence-electron chi connectivity index (χ0n) is 21.3. The van der Waals surface area contributed by atoms with Crippen molar-refractivity contribution in [2.75, 3.05) is 36.4 Å². The van der Waals surface area contributed by atoms with Crippen molar-refractivity contribution in [1.82, 2.24) is 24.8 Å². The van der Waals surface area contributed by atoms with Gasteiger partial charge in [-0.15, -0.1) is 5.10 Å². The minimum absolute atomic E-state index is 0.0842. The van der Waals surface area contributed by atoms with Gasteiger partial charge in [0.15, 0.2) is 5.82 Å². The fourth-order valence-corrected chi connectivity index (χ4v) is 5.82. The molecule has 8 nitrogen and oxygen atoms in total. The van der Waals surface area contributed by atoms with Gasteiger partial charge in [0.2, 0.25) is 10.1 Å². The van der Waals surface area contributed by atoms with E-state index in [0.29, 0.717) is 19.1 Å². The molecule has 188 valence electrons. The minimum atomic E-state index is -0.129. The van der Waals surface area contributed by atoms with E-state index in [1.807, 2.05) is 9.42 Å². The van der Waals surface area contributed by atoms with Crippen LogP contribution in [0, 0.1) is 0 Å². The number of piperazine rings is 1. The molecule has 1 aliphatic heterocycles. The molecule has 1 saturated heterocycles. The highest BCUT2D eigenvalue weighted by atomic mass is 32.1. The zero-order valence-corrected chi connectivity index (χ0v) is 22.1. The highest BCUT2D eigenvalue weighted by Gasteiger charge is 2.28. The largest absolute Gasteiger partial charge is 0.364 e. The Balaban J connectivity index is 1.34. The molecule has 2 fully saturated rings. The second-order valence-electron chi connectivity index (χ2n) is 10.7. The zero-order chi connectivity index (χ0) is 24.6. The maximum absolute atomic E-state index is 12.6. The summed E-state index contributed by atoms with van der Waals surface area (Å²) in [4.78, 5) is 22.7. The van der Waals surface area contributed by atoms with Crippen LogP contribution >= 0.6 is 11.3 Å². The van der Waals surface area contributed by atoms with Crippen LogP contribution in [-0.2, 0) is 6.42 Å². The number of carbonyl (C=O) groups is 1. The standard InChI is InChI=1S/C26H37N7OS/c1-5-18-10-12-19(13-11-18)21-22(29-26(2,3)4)33-24(28-21)35-25(30-33)32-16-14-31(15-17-32)23(34)27-20-8-6-7-9-20/h10-13,20,29H,5-9,14-17H2,1-4H3,(H,27,34). The molecule has 2 aliphatic rings. The van der Waals surface area contributed by atoms with Crippen LogP contribution in [-0.4, -0.2) is 63.3 Å². The summed E-state index contributed by atoms with van der Waals surface area (Å²) in [6.07, 6.45) is 5.69. The van der Waals surface area contributed by atoms with E-state index in [2.05, 4.69) is 67.5 Å². The highest BCUT2D eigenvalue weighted by molar-refractivity contribution is 7.20. The Morgan fingerprint density at radius 1 is 1.09 bits per heavy atom. The molecule has 3 heterocycles. The van der Waals surface area contributed by atoms with Gasteiger partial charge in [-0.05, 0) is 45.6 Å². The number of urea groups is 1. The second-order valence-corrected chi connectivity index (χ2v) is 11.7. The van der Waals surface area contributed by atoms with E-state index in [9.17, 15) is 4.79 Å². The highest BCUT2D eigenvalue weighted by Crippen LogP contribution is 2.35. The topological polar surface area (TPSA) is 77.8 Å². The van der Waals surface area contributed by atoms with Gasteiger partial charge in [-0.25, -0.2) is 9.78 Å². The van der Waals surface area contributed by atoms with Crippen LogP contribution in [0.3, 0.4) is 0 Å².